The van der Waals surface area contributed by atoms with Gasteiger partial charge < -0.3 is 13.9 Å². The summed E-state index contributed by atoms with van der Waals surface area (Å²) in [5.41, 5.74) is 2.13. The number of benzene rings is 2. The second kappa shape index (κ2) is 7.31. The van der Waals surface area contributed by atoms with Crippen LogP contribution in [-0.4, -0.2) is 12.1 Å². The molecule has 0 spiro atoms. The molecule has 0 aliphatic heterocycles. The molecule has 25 heavy (non-hydrogen) atoms. The quantitative estimate of drug-likeness (QED) is 0.517. The number of fused-ring (bicyclic) bond motifs is 1. The molecule has 5 heteroatoms. The normalized spacial score (nSPS) is 11.1. The van der Waals surface area contributed by atoms with Crippen molar-refractivity contribution in [3.05, 3.63) is 63.8 Å². The van der Waals surface area contributed by atoms with E-state index < -0.39 is 0 Å². The summed E-state index contributed by atoms with van der Waals surface area (Å²) in [4.78, 5) is 12.4. The van der Waals surface area contributed by atoms with Gasteiger partial charge in [-0.1, -0.05) is 30.3 Å². The van der Waals surface area contributed by atoms with Crippen LogP contribution in [0.25, 0.3) is 11.0 Å². The van der Waals surface area contributed by atoms with Crippen molar-refractivity contribution in [3.63, 3.8) is 0 Å². The lowest BCUT2D eigenvalue weighted by Gasteiger charge is -2.10. The lowest BCUT2D eigenvalue weighted by molar-refractivity contribution is 0.0378. The van der Waals surface area contributed by atoms with Gasteiger partial charge in [0.25, 0.3) is 0 Å². The van der Waals surface area contributed by atoms with Crippen LogP contribution in [0, 0.1) is 6.92 Å². The number of hydrogen-bond donors (Lipinski definition) is 0. The third kappa shape index (κ3) is 3.87. The molecule has 130 valence electrons. The van der Waals surface area contributed by atoms with Crippen LogP contribution in [-0.2, 0) is 11.3 Å². The molecule has 3 aromatic rings. The predicted molar refractivity (Wildman–Crippen MR) is 100.0 cm³/mol. The standard InChI is InChI=1S/C20H19BrO4/c1-12(2)24-20(22)19-13(3)25-17-10-16(21)18(9-15(17)19)23-11-14-7-5-4-6-8-14/h4-10,12H,11H2,1-3H3. The monoisotopic (exact) mass is 402 g/mol. The number of ether oxygens (including phenoxy) is 2. The average molecular weight is 403 g/mol. The minimum absolute atomic E-state index is 0.193. The molecule has 0 radical (unpaired) electrons. The van der Waals surface area contributed by atoms with Gasteiger partial charge in [-0.05, 0) is 54.4 Å². The van der Waals surface area contributed by atoms with Gasteiger partial charge in [-0.2, -0.15) is 0 Å². The number of carbonyl (C=O) groups excluding carboxylic acids is 1. The molecular formula is C20H19BrO4. The largest absolute Gasteiger partial charge is 0.488 e. The van der Waals surface area contributed by atoms with Gasteiger partial charge in [-0.3, -0.25) is 0 Å². The molecule has 0 aliphatic carbocycles. The number of furan rings is 1. The Morgan fingerprint density at radius 2 is 1.92 bits per heavy atom. The smallest absolute Gasteiger partial charge is 0.342 e. The van der Waals surface area contributed by atoms with E-state index in [2.05, 4.69) is 15.9 Å². The Kier molecular flexibility index (Phi) is 5.13. The van der Waals surface area contributed by atoms with Crippen molar-refractivity contribution in [1.29, 1.82) is 0 Å². The summed E-state index contributed by atoms with van der Waals surface area (Å²) in [6.45, 7) is 5.84. The zero-order valence-electron chi connectivity index (χ0n) is 14.3. The first kappa shape index (κ1) is 17.5. The summed E-state index contributed by atoms with van der Waals surface area (Å²) in [5.74, 6) is 0.797. The topological polar surface area (TPSA) is 48.7 Å². The molecule has 0 unspecified atom stereocenters. The minimum atomic E-state index is -0.386. The zero-order chi connectivity index (χ0) is 18.0. The first-order valence-corrected chi connectivity index (χ1v) is 8.85. The van der Waals surface area contributed by atoms with Gasteiger partial charge >= 0.3 is 5.97 Å². The third-order valence-corrected chi connectivity index (χ3v) is 4.32. The molecule has 3 rings (SSSR count). The molecule has 0 saturated carbocycles. The van der Waals surface area contributed by atoms with Crippen LogP contribution < -0.4 is 4.74 Å². The second-order valence-electron chi connectivity index (χ2n) is 6.04. The fraction of sp³-hybridized carbons (Fsp3) is 0.250. The second-order valence-corrected chi connectivity index (χ2v) is 6.89. The van der Waals surface area contributed by atoms with E-state index >= 15 is 0 Å². The van der Waals surface area contributed by atoms with Crippen LogP contribution >= 0.6 is 15.9 Å². The molecule has 1 heterocycles. The van der Waals surface area contributed by atoms with Crippen LogP contribution in [0.1, 0.15) is 35.5 Å². The maximum absolute atomic E-state index is 12.4. The number of esters is 1. The fourth-order valence-electron chi connectivity index (χ4n) is 2.59. The lowest BCUT2D eigenvalue weighted by atomic mass is 10.1. The van der Waals surface area contributed by atoms with Gasteiger partial charge in [-0.15, -0.1) is 0 Å². The maximum Gasteiger partial charge on any atom is 0.342 e. The lowest BCUT2D eigenvalue weighted by Crippen LogP contribution is -2.12. The summed E-state index contributed by atoms with van der Waals surface area (Å²) in [7, 11) is 0. The molecule has 0 saturated heterocycles. The van der Waals surface area contributed by atoms with Gasteiger partial charge in [-0.25, -0.2) is 4.79 Å². The van der Waals surface area contributed by atoms with Crippen molar-refractivity contribution < 1.29 is 18.7 Å². The highest BCUT2D eigenvalue weighted by Crippen LogP contribution is 2.35. The number of hydrogen-bond acceptors (Lipinski definition) is 4. The van der Waals surface area contributed by atoms with E-state index in [9.17, 15) is 4.79 Å². The Morgan fingerprint density at radius 3 is 2.60 bits per heavy atom. The Morgan fingerprint density at radius 1 is 1.20 bits per heavy atom. The van der Waals surface area contributed by atoms with Crippen molar-refractivity contribution in [2.24, 2.45) is 0 Å². The maximum atomic E-state index is 12.4. The summed E-state index contributed by atoms with van der Waals surface area (Å²) in [6, 6.07) is 13.5. The van der Waals surface area contributed by atoms with Crippen molar-refractivity contribution in [3.8, 4) is 5.75 Å². The molecule has 4 nitrogen and oxygen atoms in total. The van der Waals surface area contributed by atoms with Crippen LogP contribution in [0.4, 0.5) is 0 Å². The van der Waals surface area contributed by atoms with Crippen LogP contribution in [0.5, 0.6) is 5.75 Å². The Bertz CT molecular complexity index is 897. The number of rotatable bonds is 5. The first-order valence-electron chi connectivity index (χ1n) is 8.06. The van der Waals surface area contributed by atoms with E-state index in [1.165, 1.54) is 0 Å². The molecular weight excluding hydrogens is 384 g/mol. The molecule has 0 fully saturated rings. The van der Waals surface area contributed by atoms with E-state index in [4.69, 9.17) is 13.9 Å². The summed E-state index contributed by atoms with van der Waals surface area (Å²) >= 11 is 3.50. The van der Waals surface area contributed by atoms with Crippen molar-refractivity contribution in [1.82, 2.24) is 0 Å². The van der Waals surface area contributed by atoms with Crippen LogP contribution in [0.3, 0.4) is 0 Å². The molecule has 0 bridgehead atoms. The van der Waals surface area contributed by atoms with E-state index in [0.717, 1.165) is 10.0 Å². The Labute approximate surface area is 154 Å². The van der Waals surface area contributed by atoms with E-state index in [1.54, 1.807) is 6.92 Å². The highest BCUT2D eigenvalue weighted by Gasteiger charge is 2.22. The van der Waals surface area contributed by atoms with Crippen LogP contribution in [0.2, 0.25) is 0 Å². The SMILES string of the molecule is Cc1oc2cc(Br)c(OCc3ccccc3)cc2c1C(=O)OC(C)C. The third-order valence-electron chi connectivity index (χ3n) is 3.70. The first-order chi connectivity index (χ1) is 12.0. The number of carbonyl (C=O) groups is 1. The van der Waals surface area contributed by atoms with Gasteiger partial charge in [0.15, 0.2) is 0 Å². The summed E-state index contributed by atoms with van der Waals surface area (Å²) in [6.07, 6.45) is -0.193. The summed E-state index contributed by atoms with van der Waals surface area (Å²) < 4.78 is 17.7. The number of aryl methyl sites for hydroxylation is 1. The van der Waals surface area contributed by atoms with Gasteiger partial charge in [0, 0.05) is 5.39 Å². The van der Waals surface area contributed by atoms with Crippen LogP contribution in [0.15, 0.2) is 51.4 Å². The predicted octanol–water partition coefficient (Wildman–Crippen LogP) is 5.65. The van der Waals surface area contributed by atoms with Crippen molar-refractivity contribution in [2.45, 2.75) is 33.5 Å². The van der Waals surface area contributed by atoms with E-state index in [-0.39, 0.29) is 12.1 Å². The highest BCUT2D eigenvalue weighted by atomic mass is 79.9. The van der Waals surface area contributed by atoms with E-state index in [1.807, 2.05) is 56.3 Å². The molecule has 0 atom stereocenters. The Balaban J connectivity index is 1.94. The molecule has 0 amide bonds. The van der Waals surface area contributed by atoms with Gasteiger partial charge in [0.2, 0.25) is 0 Å². The summed E-state index contributed by atoms with van der Waals surface area (Å²) in [5, 5.41) is 0.689. The molecule has 0 N–H and O–H groups in total. The molecule has 1 aromatic heterocycles. The zero-order valence-corrected chi connectivity index (χ0v) is 15.9. The molecule has 0 aliphatic rings. The van der Waals surface area contributed by atoms with Crippen molar-refractivity contribution >= 4 is 32.9 Å². The average Bonchev–Trinajstić information content (AvgIpc) is 2.87. The highest BCUT2D eigenvalue weighted by molar-refractivity contribution is 9.10. The van der Waals surface area contributed by atoms with Crippen molar-refractivity contribution in [2.75, 3.05) is 0 Å². The van der Waals surface area contributed by atoms with Gasteiger partial charge in [0.05, 0.1) is 10.6 Å². The Hall–Kier alpha value is -2.27. The number of halogens is 1. The fourth-order valence-corrected chi connectivity index (χ4v) is 3.03. The minimum Gasteiger partial charge on any atom is -0.488 e. The molecule has 2 aromatic carbocycles. The van der Waals surface area contributed by atoms with Gasteiger partial charge in [0.1, 0.15) is 29.3 Å². The van der Waals surface area contributed by atoms with E-state index in [0.29, 0.717) is 34.6 Å².